The Hall–Kier alpha value is -7.55. The molecule has 4 heterocycles. The average molecular weight is 742 g/mol. The van der Waals surface area contributed by atoms with Crippen molar-refractivity contribution in [1.82, 2.24) is 8.97 Å². The van der Waals surface area contributed by atoms with Crippen molar-refractivity contribution in [2.75, 3.05) is 6.54 Å². The van der Waals surface area contributed by atoms with Gasteiger partial charge < -0.3 is 8.97 Å². The molecule has 2 aliphatic rings. The van der Waals surface area contributed by atoms with Crippen molar-refractivity contribution in [2.45, 2.75) is 19.3 Å². The van der Waals surface area contributed by atoms with Crippen molar-refractivity contribution in [3.63, 3.8) is 0 Å². The summed E-state index contributed by atoms with van der Waals surface area (Å²) in [4.78, 5) is 10.3. The molecule has 1 unspecified atom stereocenters. The van der Waals surface area contributed by atoms with Crippen LogP contribution in [0.3, 0.4) is 0 Å². The van der Waals surface area contributed by atoms with Crippen molar-refractivity contribution in [2.24, 2.45) is 9.98 Å². The van der Waals surface area contributed by atoms with Crippen molar-refractivity contribution in [1.29, 1.82) is 5.26 Å². The smallest absolute Gasteiger partial charge is 0.104 e. The summed E-state index contributed by atoms with van der Waals surface area (Å²) in [5, 5.41) is 19.8. The van der Waals surface area contributed by atoms with E-state index >= 15 is 0 Å². The zero-order valence-electron chi connectivity index (χ0n) is 31.8. The van der Waals surface area contributed by atoms with Crippen LogP contribution in [0.1, 0.15) is 41.5 Å². The van der Waals surface area contributed by atoms with Crippen molar-refractivity contribution >= 4 is 83.1 Å². The van der Waals surface area contributed by atoms with Gasteiger partial charge in [-0.05, 0) is 53.1 Å². The third-order valence-electron chi connectivity index (χ3n) is 12.4. The highest BCUT2D eigenvalue weighted by Crippen LogP contribution is 2.48. The first-order chi connectivity index (χ1) is 28.7. The Morgan fingerprint density at radius 2 is 1.22 bits per heavy atom. The van der Waals surface area contributed by atoms with Crippen LogP contribution in [0.15, 0.2) is 173 Å². The molecule has 7 aromatic carbocycles. The topological polar surface area (TPSA) is 57.9 Å². The molecule has 3 aromatic heterocycles. The van der Waals surface area contributed by atoms with Gasteiger partial charge in [-0.3, -0.25) is 4.99 Å². The van der Waals surface area contributed by atoms with Gasteiger partial charge in [0, 0.05) is 49.0 Å². The van der Waals surface area contributed by atoms with Gasteiger partial charge in [0.2, 0.25) is 0 Å². The van der Waals surface area contributed by atoms with E-state index in [0.29, 0.717) is 29.4 Å². The molecule has 5 heteroatoms. The second-order valence-corrected chi connectivity index (χ2v) is 15.6. The number of benzene rings is 7. The van der Waals surface area contributed by atoms with E-state index < -0.39 is 0 Å². The summed E-state index contributed by atoms with van der Waals surface area (Å²) < 4.78 is 5.04. The van der Waals surface area contributed by atoms with Gasteiger partial charge in [0.25, 0.3) is 0 Å². The Balaban J connectivity index is 1.13. The molecule has 272 valence electrons. The summed E-state index contributed by atoms with van der Waals surface area (Å²) in [6.07, 6.45) is 3.45. The fourth-order valence-corrected chi connectivity index (χ4v) is 9.91. The number of fused-ring (bicyclic) bond motifs is 13. The van der Waals surface area contributed by atoms with E-state index in [1.807, 2.05) is 48.5 Å². The van der Waals surface area contributed by atoms with E-state index in [1.165, 1.54) is 65.2 Å². The molecule has 12 rings (SSSR count). The molecule has 0 saturated carbocycles. The normalized spacial score (nSPS) is 15.6. The van der Waals surface area contributed by atoms with E-state index in [9.17, 15) is 5.26 Å². The molecule has 10 aromatic rings. The van der Waals surface area contributed by atoms with Crippen LogP contribution in [-0.2, 0) is 0 Å². The maximum Gasteiger partial charge on any atom is 0.104 e. The van der Waals surface area contributed by atoms with Crippen LogP contribution in [0.4, 0.5) is 0 Å². The second-order valence-electron chi connectivity index (χ2n) is 15.6. The number of nitriles is 1. The zero-order valence-corrected chi connectivity index (χ0v) is 31.8. The molecule has 1 aliphatic carbocycles. The Morgan fingerprint density at radius 3 is 1.97 bits per heavy atom. The SMILES string of the molecule is CC1CC=c2c3ccccc3n3c2c1c1c2c(c4ccccc4c13)c1ccccc1n2-c1ccc(C2=NCC(c3ccccc3)=NC(c3ccccc3)=C2C#N)cc1. The Morgan fingerprint density at radius 1 is 0.586 bits per heavy atom. The highest BCUT2D eigenvalue weighted by atomic mass is 15.0. The van der Waals surface area contributed by atoms with E-state index in [1.54, 1.807) is 0 Å². The average Bonchev–Trinajstić information content (AvgIpc) is 3.88. The lowest BCUT2D eigenvalue weighted by Gasteiger charge is -2.16. The predicted octanol–water partition coefficient (Wildman–Crippen LogP) is 11.7. The van der Waals surface area contributed by atoms with Gasteiger partial charge in [-0.1, -0.05) is 146 Å². The minimum atomic E-state index is 0.348. The molecule has 0 bridgehead atoms. The maximum atomic E-state index is 10.8. The number of allylic oxidation sites excluding steroid dienone is 1. The number of para-hydroxylation sites is 2. The highest BCUT2D eigenvalue weighted by molar-refractivity contribution is 6.34. The highest BCUT2D eigenvalue weighted by Gasteiger charge is 2.30. The minimum Gasteiger partial charge on any atom is -0.309 e. The fraction of sp³-hybridized carbons (Fsp3) is 0.0755. The molecule has 0 radical (unpaired) electrons. The minimum absolute atomic E-state index is 0.348. The number of aliphatic imine (C=N–C) groups is 2. The van der Waals surface area contributed by atoms with Crippen molar-refractivity contribution < 1.29 is 0 Å². The van der Waals surface area contributed by atoms with Crippen LogP contribution < -0.4 is 5.22 Å². The summed E-state index contributed by atoms with van der Waals surface area (Å²) in [5.41, 5.74) is 14.1. The van der Waals surface area contributed by atoms with E-state index in [-0.39, 0.29) is 0 Å². The van der Waals surface area contributed by atoms with E-state index in [4.69, 9.17) is 9.98 Å². The van der Waals surface area contributed by atoms with E-state index in [0.717, 1.165) is 40.0 Å². The lowest BCUT2D eigenvalue weighted by molar-refractivity contribution is 0.810. The number of hydrogen-bond acceptors (Lipinski definition) is 3. The van der Waals surface area contributed by atoms with Crippen molar-refractivity contribution in [3.05, 3.63) is 191 Å². The summed E-state index contributed by atoms with van der Waals surface area (Å²) in [6.45, 7) is 2.75. The quantitative estimate of drug-likeness (QED) is 0.177. The third kappa shape index (κ3) is 4.51. The predicted molar refractivity (Wildman–Crippen MR) is 240 cm³/mol. The molecule has 0 saturated heterocycles. The number of hydrogen-bond donors (Lipinski definition) is 0. The molecule has 0 N–H and O–H groups in total. The Labute approximate surface area is 334 Å². The van der Waals surface area contributed by atoms with Crippen LogP contribution in [0.5, 0.6) is 0 Å². The number of rotatable bonds is 4. The monoisotopic (exact) mass is 741 g/mol. The van der Waals surface area contributed by atoms with Gasteiger partial charge in [-0.25, -0.2) is 4.99 Å². The fourth-order valence-electron chi connectivity index (χ4n) is 9.91. The van der Waals surface area contributed by atoms with Gasteiger partial charge in [0.1, 0.15) is 11.6 Å². The molecular formula is C53H35N5. The largest absolute Gasteiger partial charge is 0.309 e. The molecule has 0 fully saturated rings. The molecule has 1 atom stereocenters. The standard InChI is InChI=1S/C53H35N5/c1-32-24-29-40-37-18-10-12-22-44(37)58-51(40)46(32)48-52(58)39-20-9-8-19-38(39)47-41-21-11-13-23-45(41)57(53(47)48)36-27-25-35(26-28-36)49-42(30-54)50(34-16-6-3-7-17-34)56-43(31-55-49)33-14-4-2-5-15-33/h2-23,25-29,32H,24,31H2,1H3. The van der Waals surface area contributed by atoms with Gasteiger partial charge in [-0.15, -0.1) is 0 Å². The third-order valence-corrected chi connectivity index (χ3v) is 12.4. The van der Waals surface area contributed by atoms with Crippen LogP contribution >= 0.6 is 0 Å². The molecule has 0 spiro atoms. The lowest BCUT2D eigenvalue weighted by atomic mass is 9.89. The summed E-state index contributed by atoms with van der Waals surface area (Å²) in [5.74, 6) is 0.348. The van der Waals surface area contributed by atoms with Gasteiger partial charge in [-0.2, -0.15) is 5.26 Å². The van der Waals surface area contributed by atoms with Crippen LogP contribution in [0, 0.1) is 11.3 Å². The molecule has 1 aliphatic heterocycles. The van der Waals surface area contributed by atoms with Gasteiger partial charge >= 0.3 is 0 Å². The van der Waals surface area contributed by atoms with E-state index in [2.05, 4.69) is 137 Å². The van der Waals surface area contributed by atoms with Gasteiger partial charge in [0.05, 0.1) is 51.2 Å². The lowest BCUT2D eigenvalue weighted by Crippen LogP contribution is -2.09. The number of aromatic nitrogens is 2. The molecule has 58 heavy (non-hydrogen) atoms. The first kappa shape index (κ1) is 32.7. The second kappa shape index (κ2) is 12.5. The number of nitrogens with zero attached hydrogens (tertiary/aromatic N) is 5. The molecular weight excluding hydrogens is 707 g/mol. The van der Waals surface area contributed by atoms with Crippen LogP contribution in [0.25, 0.3) is 77.4 Å². The van der Waals surface area contributed by atoms with Gasteiger partial charge in [0.15, 0.2) is 0 Å². The summed E-state index contributed by atoms with van der Waals surface area (Å²) in [7, 11) is 0. The molecule has 0 amide bonds. The van der Waals surface area contributed by atoms with Crippen LogP contribution in [-0.4, -0.2) is 26.9 Å². The Bertz CT molecular complexity index is 3560. The van der Waals surface area contributed by atoms with Crippen molar-refractivity contribution in [3.8, 4) is 11.8 Å². The maximum absolute atomic E-state index is 10.8. The summed E-state index contributed by atoms with van der Waals surface area (Å²) >= 11 is 0. The first-order valence-electron chi connectivity index (χ1n) is 20.0. The summed E-state index contributed by atoms with van der Waals surface area (Å²) in [6, 6.07) is 58.0. The first-order valence-corrected chi connectivity index (χ1v) is 20.0. The van der Waals surface area contributed by atoms with Crippen LogP contribution in [0.2, 0.25) is 0 Å². The molecule has 5 nitrogen and oxygen atoms in total. The Kier molecular flexibility index (Phi) is 7.03. The zero-order chi connectivity index (χ0) is 38.5.